The second kappa shape index (κ2) is 32.5. The Hall–Kier alpha value is -1.69. The maximum absolute atomic E-state index is 12.4. The van der Waals surface area contributed by atoms with E-state index < -0.39 is 5.79 Å². The Morgan fingerprint density at radius 2 is 0.962 bits per heavy atom. The summed E-state index contributed by atoms with van der Waals surface area (Å²) in [4.78, 5) is 14.6. The standard InChI is InChI=1S/C48H85NO4/c1-5-7-9-11-13-15-17-19-21-23-25-27-29-31-33-35-39-48(40-36-34-32-30-28-26-24-22-20-18-16-14-12-10-8-6-2)52-45-42-44(43-46(45)53-48)51-47(50)38-37-41-49(3)4/h13-16,19-22,44-46H,5-12,17-18,23-43H2,1-4H3/b15-13-,16-14-,21-19-,22-20-. The van der Waals surface area contributed by atoms with Crippen molar-refractivity contribution in [2.24, 2.45) is 0 Å². The number of ether oxygens (including phenoxy) is 3. The average molecular weight is 740 g/mol. The molecule has 1 aliphatic heterocycles. The molecule has 1 heterocycles. The number of rotatable bonds is 35. The Morgan fingerprint density at radius 1 is 0.566 bits per heavy atom. The molecule has 2 unspecified atom stereocenters. The summed E-state index contributed by atoms with van der Waals surface area (Å²) in [6.07, 6.45) is 53.9. The Morgan fingerprint density at radius 3 is 1.38 bits per heavy atom. The summed E-state index contributed by atoms with van der Waals surface area (Å²) in [5.74, 6) is -0.522. The van der Waals surface area contributed by atoms with Gasteiger partial charge in [0.2, 0.25) is 0 Å². The fraction of sp³-hybridized carbons (Fsp3) is 0.812. The number of allylic oxidation sites excluding steroid dienone is 8. The highest BCUT2D eigenvalue weighted by Crippen LogP contribution is 2.44. The maximum atomic E-state index is 12.4. The summed E-state index contributed by atoms with van der Waals surface area (Å²) >= 11 is 0. The van der Waals surface area contributed by atoms with Gasteiger partial charge in [-0.2, -0.15) is 0 Å². The monoisotopic (exact) mass is 740 g/mol. The van der Waals surface area contributed by atoms with Crippen molar-refractivity contribution in [3.05, 3.63) is 48.6 Å². The topological polar surface area (TPSA) is 48.0 Å². The van der Waals surface area contributed by atoms with Gasteiger partial charge in [0.15, 0.2) is 5.79 Å². The lowest BCUT2D eigenvalue weighted by atomic mass is 9.98. The predicted octanol–water partition coefficient (Wildman–Crippen LogP) is 13.9. The maximum Gasteiger partial charge on any atom is 0.306 e. The molecule has 0 radical (unpaired) electrons. The van der Waals surface area contributed by atoms with Gasteiger partial charge in [-0.15, -0.1) is 0 Å². The van der Waals surface area contributed by atoms with Crippen LogP contribution in [0.15, 0.2) is 48.6 Å². The Balaban J connectivity index is 1.65. The molecule has 0 aromatic heterocycles. The van der Waals surface area contributed by atoms with Crippen molar-refractivity contribution in [3.8, 4) is 0 Å². The van der Waals surface area contributed by atoms with E-state index >= 15 is 0 Å². The number of carbonyl (C=O) groups excluding carboxylic acids is 1. The van der Waals surface area contributed by atoms with Gasteiger partial charge < -0.3 is 19.1 Å². The van der Waals surface area contributed by atoms with Gasteiger partial charge in [0.25, 0.3) is 0 Å². The number of carbonyl (C=O) groups is 1. The van der Waals surface area contributed by atoms with Gasteiger partial charge in [-0.25, -0.2) is 0 Å². The Kier molecular flexibility index (Phi) is 29.1. The molecule has 2 aliphatic rings. The van der Waals surface area contributed by atoms with Crippen molar-refractivity contribution in [3.63, 3.8) is 0 Å². The van der Waals surface area contributed by atoms with Crippen LogP contribution in [0.5, 0.6) is 0 Å². The molecule has 1 saturated heterocycles. The lowest BCUT2D eigenvalue weighted by Crippen LogP contribution is -2.33. The normalized spacial score (nSPS) is 20.0. The third kappa shape index (κ3) is 25.2. The van der Waals surface area contributed by atoms with E-state index in [0.29, 0.717) is 6.42 Å². The van der Waals surface area contributed by atoms with E-state index in [2.05, 4.69) is 67.4 Å². The van der Waals surface area contributed by atoms with E-state index in [0.717, 1.165) is 64.3 Å². The van der Waals surface area contributed by atoms with E-state index in [9.17, 15) is 4.79 Å². The van der Waals surface area contributed by atoms with Crippen LogP contribution in [0.2, 0.25) is 0 Å². The lowest BCUT2D eigenvalue weighted by molar-refractivity contribution is -0.196. The highest BCUT2D eigenvalue weighted by atomic mass is 16.8. The molecule has 2 atom stereocenters. The minimum absolute atomic E-state index is 0.0591. The molecular weight excluding hydrogens is 655 g/mol. The molecule has 0 bridgehead atoms. The van der Waals surface area contributed by atoms with E-state index in [1.807, 2.05) is 14.1 Å². The van der Waals surface area contributed by atoms with Gasteiger partial charge >= 0.3 is 5.97 Å². The van der Waals surface area contributed by atoms with E-state index in [-0.39, 0.29) is 24.3 Å². The molecule has 0 aromatic rings. The fourth-order valence-corrected chi connectivity index (χ4v) is 7.75. The molecule has 2 rings (SSSR count). The molecular formula is C48H85NO4. The van der Waals surface area contributed by atoms with Crippen LogP contribution in [0.25, 0.3) is 0 Å². The minimum atomic E-state index is -0.444. The van der Waals surface area contributed by atoms with Gasteiger partial charge in [0, 0.05) is 32.1 Å². The van der Waals surface area contributed by atoms with Crippen molar-refractivity contribution in [1.82, 2.24) is 4.90 Å². The average Bonchev–Trinajstić information content (AvgIpc) is 3.66. The molecule has 53 heavy (non-hydrogen) atoms. The summed E-state index contributed by atoms with van der Waals surface area (Å²) < 4.78 is 19.5. The van der Waals surface area contributed by atoms with E-state index in [1.54, 1.807) is 0 Å². The molecule has 1 saturated carbocycles. The second-order valence-corrected chi connectivity index (χ2v) is 16.4. The smallest absolute Gasteiger partial charge is 0.306 e. The second-order valence-electron chi connectivity index (χ2n) is 16.4. The van der Waals surface area contributed by atoms with Crippen molar-refractivity contribution in [2.75, 3.05) is 20.6 Å². The van der Waals surface area contributed by atoms with Crippen molar-refractivity contribution < 1.29 is 19.0 Å². The highest BCUT2D eigenvalue weighted by molar-refractivity contribution is 5.69. The minimum Gasteiger partial charge on any atom is -0.462 e. The number of hydrogen-bond acceptors (Lipinski definition) is 5. The molecule has 1 aliphatic carbocycles. The Bertz CT molecular complexity index is 920. The number of fused-ring (bicyclic) bond motifs is 1. The van der Waals surface area contributed by atoms with Gasteiger partial charge in [-0.3, -0.25) is 4.79 Å². The van der Waals surface area contributed by atoms with Crippen LogP contribution in [-0.4, -0.2) is 55.6 Å². The zero-order valence-corrected chi connectivity index (χ0v) is 35.4. The Labute approximate surface area is 328 Å². The summed E-state index contributed by atoms with van der Waals surface area (Å²) in [7, 11) is 4.08. The van der Waals surface area contributed by atoms with Crippen LogP contribution in [0, 0.1) is 0 Å². The predicted molar refractivity (Wildman–Crippen MR) is 227 cm³/mol. The summed E-state index contributed by atoms with van der Waals surface area (Å²) in [5, 5.41) is 0. The molecule has 5 nitrogen and oxygen atoms in total. The first kappa shape index (κ1) is 47.5. The van der Waals surface area contributed by atoms with Gasteiger partial charge in [0.1, 0.15) is 6.10 Å². The van der Waals surface area contributed by atoms with E-state index in [1.165, 1.54) is 128 Å². The largest absolute Gasteiger partial charge is 0.462 e. The first-order valence-corrected chi connectivity index (χ1v) is 22.8. The van der Waals surface area contributed by atoms with Crippen molar-refractivity contribution >= 4 is 5.97 Å². The highest BCUT2D eigenvalue weighted by Gasteiger charge is 2.52. The summed E-state index contributed by atoms with van der Waals surface area (Å²) in [6.45, 7) is 5.43. The van der Waals surface area contributed by atoms with Crippen LogP contribution >= 0.6 is 0 Å². The van der Waals surface area contributed by atoms with Crippen LogP contribution in [0.4, 0.5) is 0 Å². The zero-order valence-electron chi connectivity index (χ0n) is 35.4. The number of esters is 1. The molecule has 0 aromatic carbocycles. The van der Waals surface area contributed by atoms with Gasteiger partial charge in [-0.1, -0.05) is 140 Å². The molecule has 5 heteroatoms. The van der Waals surface area contributed by atoms with Gasteiger partial charge in [-0.05, 0) is 104 Å². The first-order valence-electron chi connectivity index (χ1n) is 22.8. The molecule has 2 fully saturated rings. The van der Waals surface area contributed by atoms with Gasteiger partial charge in [0.05, 0.1) is 12.2 Å². The number of unbranched alkanes of at least 4 members (excludes halogenated alkanes) is 18. The first-order chi connectivity index (χ1) is 26.0. The summed E-state index contributed by atoms with van der Waals surface area (Å²) in [5.41, 5.74) is 0. The van der Waals surface area contributed by atoms with E-state index in [4.69, 9.17) is 14.2 Å². The number of hydrogen-bond donors (Lipinski definition) is 0. The molecule has 306 valence electrons. The SMILES string of the molecule is CCCCC/C=C\C/C=C\CCCCCCCCC1(CCCCCCCC/C=C\C/C=C\CCCCC)OC2CC(OC(=O)CCCN(C)C)CC2O1. The number of nitrogens with zero attached hydrogens (tertiary/aromatic N) is 1. The summed E-state index contributed by atoms with van der Waals surface area (Å²) in [6, 6.07) is 0. The van der Waals surface area contributed by atoms with Crippen LogP contribution < -0.4 is 0 Å². The fourth-order valence-electron chi connectivity index (χ4n) is 7.75. The van der Waals surface area contributed by atoms with Crippen molar-refractivity contribution in [1.29, 1.82) is 0 Å². The molecule has 0 N–H and O–H groups in total. The van der Waals surface area contributed by atoms with Crippen molar-refractivity contribution in [2.45, 2.75) is 231 Å². The molecule has 0 spiro atoms. The lowest BCUT2D eigenvalue weighted by Gasteiger charge is -2.30. The quantitative estimate of drug-likeness (QED) is 0.0368. The van der Waals surface area contributed by atoms with Crippen LogP contribution in [0.3, 0.4) is 0 Å². The third-order valence-corrected chi connectivity index (χ3v) is 10.9. The van der Waals surface area contributed by atoms with Crippen LogP contribution in [0.1, 0.15) is 206 Å². The van der Waals surface area contributed by atoms with Crippen LogP contribution in [-0.2, 0) is 19.0 Å². The zero-order chi connectivity index (χ0) is 38.1. The third-order valence-electron chi connectivity index (χ3n) is 10.9. The molecule has 0 amide bonds.